The number of amides is 1. The summed E-state index contributed by atoms with van der Waals surface area (Å²) in [6.45, 7) is 7.68. The van der Waals surface area contributed by atoms with Crippen LogP contribution in [0.2, 0.25) is 0 Å². The highest BCUT2D eigenvalue weighted by Gasteiger charge is 2.23. The summed E-state index contributed by atoms with van der Waals surface area (Å²) in [5.74, 6) is -0.0787. The maximum atomic E-state index is 12.7. The Bertz CT molecular complexity index is 761. The summed E-state index contributed by atoms with van der Waals surface area (Å²) in [5.41, 5.74) is 1.51. The average Bonchev–Trinajstić information content (AvgIpc) is 2.57. The molecule has 0 spiro atoms. The van der Waals surface area contributed by atoms with E-state index in [1.165, 1.54) is 4.31 Å². The van der Waals surface area contributed by atoms with Crippen LogP contribution in [0.25, 0.3) is 0 Å². The standard InChI is InChI=1S/C16H24N4O3S2/c1-4-20(5-2)25(22,23)13-7-6-12(3)14(10-13)18-16(24)19-9-8-17-15(21)11-19/h6-7,10H,4-5,8-9,11H2,1-3H3,(H,17,21)(H,18,24). The van der Waals surface area contributed by atoms with E-state index in [-0.39, 0.29) is 17.3 Å². The number of carbonyl (C=O) groups excluding carboxylic acids is 1. The van der Waals surface area contributed by atoms with E-state index in [2.05, 4.69) is 10.6 Å². The third-order valence-electron chi connectivity index (χ3n) is 4.12. The lowest BCUT2D eigenvalue weighted by atomic mass is 10.2. The fraction of sp³-hybridized carbons (Fsp3) is 0.500. The highest BCUT2D eigenvalue weighted by Crippen LogP contribution is 2.23. The summed E-state index contributed by atoms with van der Waals surface area (Å²) in [5, 5.41) is 6.24. The predicted molar refractivity (Wildman–Crippen MR) is 102 cm³/mol. The monoisotopic (exact) mass is 384 g/mol. The van der Waals surface area contributed by atoms with Gasteiger partial charge in [-0.25, -0.2) is 8.42 Å². The van der Waals surface area contributed by atoms with E-state index in [0.29, 0.717) is 37.0 Å². The number of anilines is 1. The fourth-order valence-electron chi connectivity index (χ4n) is 2.62. The van der Waals surface area contributed by atoms with Crippen LogP contribution in [0.1, 0.15) is 19.4 Å². The summed E-state index contributed by atoms with van der Waals surface area (Å²) in [4.78, 5) is 13.5. The Labute approximate surface area is 154 Å². The Morgan fingerprint density at radius 1 is 1.36 bits per heavy atom. The molecule has 0 aromatic heterocycles. The zero-order valence-electron chi connectivity index (χ0n) is 14.7. The van der Waals surface area contributed by atoms with Gasteiger partial charge in [0.05, 0.1) is 11.4 Å². The first-order valence-electron chi connectivity index (χ1n) is 8.23. The zero-order chi connectivity index (χ0) is 18.6. The minimum absolute atomic E-state index is 0.0787. The second-order valence-electron chi connectivity index (χ2n) is 5.77. The predicted octanol–water partition coefficient (Wildman–Crippen LogP) is 1.15. The molecular formula is C16H24N4O3S2. The van der Waals surface area contributed by atoms with Crippen molar-refractivity contribution in [2.45, 2.75) is 25.7 Å². The normalized spacial score (nSPS) is 15.2. The van der Waals surface area contributed by atoms with Crippen molar-refractivity contribution in [2.75, 3.05) is 38.0 Å². The molecule has 9 heteroatoms. The second-order valence-corrected chi connectivity index (χ2v) is 8.09. The van der Waals surface area contributed by atoms with Crippen LogP contribution in [0, 0.1) is 6.92 Å². The van der Waals surface area contributed by atoms with Crippen molar-refractivity contribution in [2.24, 2.45) is 0 Å². The van der Waals surface area contributed by atoms with Gasteiger partial charge >= 0.3 is 0 Å². The molecule has 2 rings (SSSR count). The van der Waals surface area contributed by atoms with Crippen molar-refractivity contribution in [1.82, 2.24) is 14.5 Å². The number of nitrogens with one attached hydrogen (secondary N) is 2. The molecule has 25 heavy (non-hydrogen) atoms. The van der Waals surface area contributed by atoms with E-state index >= 15 is 0 Å². The largest absolute Gasteiger partial charge is 0.353 e. The zero-order valence-corrected chi connectivity index (χ0v) is 16.3. The highest BCUT2D eigenvalue weighted by molar-refractivity contribution is 7.89. The van der Waals surface area contributed by atoms with Crippen molar-refractivity contribution in [3.8, 4) is 0 Å². The second kappa shape index (κ2) is 8.11. The SMILES string of the molecule is CCN(CC)S(=O)(=O)c1ccc(C)c(NC(=S)N2CCNC(=O)C2)c1. The molecule has 0 bridgehead atoms. The number of nitrogens with zero attached hydrogens (tertiary/aromatic N) is 2. The summed E-state index contributed by atoms with van der Waals surface area (Å²) in [6, 6.07) is 4.95. The van der Waals surface area contributed by atoms with Crippen LogP contribution >= 0.6 is 12.2 Å². The number of sulfonamides is 1. The van der Waals surface area contributed by atoms with Gasteiger partial charge in [0.25, 0.3) is 0 Å². The molecule has 2 N–H and O–H groups in total. The first kappa shape index (κ1) is 19.6. The van der Waals surface area contributed by atoms with Gasteiger partial charge in [-0.05, 0) is 36.8 Å². The van der Waals surface area contributed by atoms with Crippen LogP contribution in [0.4, 0.5) is 5.69 Å². The number of hydrogen-bond donors (Lipinski definition) is 2. The van der Waals surface area contributed by atoms with Crippen molar-refractivity contribution < 1.29 is 13.2 Å². The number of hydrogen-bond acceptors (Lipinski definition) is 4. The maximum absolute atomic E-state index is 12.7. The smallest absolute Gasteiger partial charge is 0.243 e. The van der Waals surface area contributed by atoms with Crippen molar-refractivity contribution in [1.29, 1.82) is 0 Å². The van der Waals surface area contributed by atoms with Crippen LogP contribution in [-0.4, -0.2) is 61.4 Å². The summed E-state index contributed by atoms with van der Waals surface area (Å²) in [7, 11) is -3.54. The summed E-state index contributed by atoms with van der Waals surface area (Å²) in [6.07, 6.45) is 0. The molecule has 138 valence electrons. The molecule has 0 saturated carbocycles. The van der Waals surface area contributed by atoms with Gasteiger partial charge in [0, 0.05) is 31.9 Å². The van der Waals surface area contributed by atoms with Crippen LogP contribution in [0.15, 0.2) is 23.1 Å². The van der Waals surface area contributed by atoms with Gasteiger partial charge < -0.3 is 15.5 Å². The quantitative estimate of drug-likeness (QED) is 0.742. The van der Waals surface area contributed by atoms with Gasteiger partial charge in [0.2, 0.25) is 15.9 Å². The van der Waals surface area contributed by atoms with Crippen molar-refractivity contribution >= 4 is 38.9 Å². The Morgan fingerprint density at radius 3 is 2.64 bits per heavy atom. The molecule has 1 aromatic rings. The van der Waals surface area contributed by atoms with Crippen LogP contribution in [0.3, 0.4) is 0 Å². The third kappa shape index (κ3) is 4.47. The van der Waals surface area contributed by atoms with E-state index < -0.39 is 10.0 Å². The van der Waals surface area contributed by atoms with Gasteiger partial charge in [-0.3, -0.25) is 4.79 Å². The molecule has 1 aliphatic heterocycles. The number of piperazine rings is 1. The van der Waals surface area contributed by atoms with E-state index in [1.54, 1.807) is 23.1 Å². The Hall–Kier alpha value is -1.71. The third-order valence-corrected chi connectivity index (χ3v) is 6.53. The minimum atomic E-state index is -3.54. The van der Waals surface area contributed by atoms with Gasteiger partial charge in [-0.15, -0.1) is 0 Å². The van der Waals surface area contributed by atoms with Gasteiger partial charge in [-0.1, -0.05) is 19.9 Å². The fourth-order valence-corrected chi connectivity index (χ4v) is 4.37. The molecule has 1 aromatic carbocycles. The Kier molecular flexibility index (Phi) is 6.36. The lowest BCUT2D eigenvalue weighted by molar-refractivity contribution is -0.122. The number of aryl methyl sites for hydroxylation is 1. The molecule has 0 unspecified atom stereocenters. The van der Waals surface area contributed by atoms with E-state index in [1.807, 2.05) is 20.8 Å². The van der Waals surface area contributed by atoms with E-state index in [9.17, 15) is 13.2 Å². The molecule has 0 atom stereocenters. The van der Waals surface area contributed by atoms with Crippen molar-refractivity contribution in [3.63, 3.8) is 0 Å². The van der Waals surface area contributed by atoms with Crippen LogP contribution in [-0.2, 0) is 14.8 Å². The number of rotatable bonds is 5. The van der Waals surface area contributed by atoms with Gasteiger partial charge in [-0.2, -0.15) is 4.31 Å². The number of carbonyl (C=O) groups is 1. The number of benzene rings is 1. The first-order chi connectivity index (χ1) is 11.8. The Morgan fingerprint density at radius 2 is 2.04 bits per heavy atom. The molecule has 1 amide bonds. The average molecular weight is 385 g/mol. The molecule has 1 aliphatic rings. The molecular weight excluding hydrogens is 360 g/mol. The van der Waals surface area contributed by atoms with Gasteiger partial charge in [0.1, 0.15) is 0 Å². The van der Waals surface area contributed by atoms with Crippen molar-refractivity contribution in [3.05, 3.63) is 23.8 Å². The molecule has 1 fully saturated rings. The summed E-state index contributed by atoms with van der Waals surface area (Å²) < 4.78 is 26.8. The maximum Gasteiger partial charge on any atom is 0.243 e. The topological polar surface area (TPSA) is 81.8 Å². The van der Waals surface area contributed by atoms with Crippen LogP contribution in [0.5, 0.6) is 0 Å². The minimum Gasteiger partial charge on any atom is -0.353 e. The molecule has 7 nitrogen and oxygen atoms in total. The lowest BCUT2D eigenvalue weighted by Crippen LogP contribution is -2.51. The van der Waals surface area contributed by atoms with E-state index in [4.69, 9.17) is 12.2 Å². The molecule has 1 saturated heterocycles. The van der Waals surface area contributed by atoms with Gasteiger partial charge in [0.15, 0.2) is 5.11 Å². The lowest BCUT2D eigenvalue weighted by Gasteiger charge is -2.29. The number of thiocarbonyl (C=S) groups is 1. The Balaban J connectivity index is 2.24. The molecule has 0 aliphatic carbocycles. The summed E-state index contributed by atoms with van der Waals surface area (Å²) >= 11 is 5.38. The molecule has 1 heterocycles. The highest BCUT2D eigenvalue weighted by atomic mass is 32.2. The first-order valence-corrected chi connectivity index (χ1v) is 10.1. The van der Waals surface area contributed by atoms with Crippen LogP contribution < -0.4 is 10.6 Å². The van der Waals surface area contributed by atoms with E-state index in [0.717, 1.165) is 5.56 Å². The molecule has 0 radical (unpaired) electrons.